The Hall–Kier alpha value is -4.51. The Labute approximate surface area is 345 Å². The Kier molecular flexibility index (Phi) is 11.9. The molecule has 4 heterocycles. The molecule has 17 heteroatoms. The van der Waals surface area contributed by atoms with Crippen molar-refractivity contribution in [2.75, 3.05) is 26.7 Å². The van der Waals surface area contributed by atoms with Crippen LogP contribution in [-0.4, -0.2) is 114 Å². The van der Waals surface area contributed by atoms with Gasteiger partial charge < -0.3 is 34.6 Å². The van der Waals surface area contributed by atoms with E-state index in [2.05, 4.69) is 27.3 Å². The van der Waals surface area contributed by atoms with Gasteiger partial charge in [-0.25, -0.2) is 22.6 Å². The lowest BCUT2D eigenvalue weighted by Gasteiger charge is -2.38. The smallest absolute Gasteiger partial charge is 0.318 e. The molecule has 2 saturated carbocycles. The van der Waals surface area contributed by atoms with Crippen molar-refractivity contribution in [2.24, 2.45) is 17.8 Å². The molecule has 5 aliphatic rings. The number of aromatic nitrogens is 1. The summed E-state index contributed by atoms with van der Waals surface area (Å²) in [6, 6.07) is 1.49. The minimum absolute atomic E-state index is 0.0387. The Bertz CT molecular complexity index is 2110. The Morgan fingerprint density at radius 1 is 1.08 bits per heavy atom. The number of carbonyl (C=O) groups is 4. The average molecular weight is 841 g/mol. The Morgan fingerprint density at radius 3 is 2.49 bits per heavy atom. The number of sulfonamides is 1. The molecule has 2 aliphatic carbocycles. The van der Waals surface area contributed by atoms with Crippen LogP contribution in [0.15, 0.2) is 36.5 Å². The predicted octanol–water partition coefficient (Wildman–Crippen LogP) is 4.19. The van der Waals surface area contributed by atoms with E-state index >= 15 is 4.79 Å². The highest BCUT2D eigenvalue weighted by Gasteiger charge is 2.63. The number of nitrogens with zero attached hydrogens (tertiary/aromatic N) is 3. The number of amides is 5. The summed E-state index contributed by atoms with van der Waals surface area (Å²) in [6.07, 6.45) is 7.61. The van der Waals surface area contributed by atoms with E-state index in [1.807, 2.05) is 32.9 Å². The quantitative estimate of drug-likeness (QED) is 0.326. The minimum atomic E-state index is -4.03. The molecule has 2 unspecified atom stereocenters. The number of carbonyl (C=O) groups excluding carboxylic acids is 4. The van der Waals surface area contributed by atoms with Gasteiger partial charge in [0.05, 0.1) is 42.2 Å². The first-order chi connectivity index (χ1) is 28.0. The molecule has 2 aromatic rings. The number of hydrogen-bond donors (Lipinski definition) is 3. The lowest BCUT2D eigenvalue weighted by atomic mass is 9.85. The third-order valence-corrected chi connectivity index (χ3v) is 15.0. The molecule has 59 heavy (non-hydrogen) atoms. The van der Waals surface area contributed by atoms with Crippen LogP contribution in [0.25, 0.3) is 10.8 Å². The Balaban J connectivity index is 1.25. The molecule has 1 aromatic carbocycles. The first-order valence-corrected chi connectivity index (χ1v) is 22.3. The summed E-state index contributed by atoms with van der Waals surface area (Å²) >= 11 is 0. The number of morpholine rings is 1. The number of methoxy groups -OCH3 is 1. The van der Waals surface area contributed by atoms with Crippen LogP contribution >= 0.6 is 0 Å². The summed E-state index contributed by atoms with van der Waals surface area (Å²) in [5.41, 5.74) is -1.57. The zero-order valence-electron chi connectivity index (χ0n) is 34.7. The monoisotopic (exact) mass is 840 g/mol. The molecule has 0 bridgehead atoms. The van der Waals surface area contributed by atoms with Gasteiger partial charge in [-0.05, 0) is 89.3 Å². The van der Waals surface area contributed by atoms with E-state index < -0.39 is 74.0 Å². The number of allylic oxidation sites excluding steroid dienone is 1. The van der Waals surface area contributed by atoms with Gasteiger partial charge in [-0.3, -0.25) is 19.1 Å². The summed E-state index contributed by atoms with van der Waals surface area (Å²) in [7, 11) is -2.56. The second-order valence-electron chi connectivity index (χ2n) is 17.6. The van der Waals surface area contributed by atoms with Gasteiger partial charge in [0.15, 0.2) is 0 Å². The zero-order chi connectivity index (χ0) is 42.4. The number of pyridine rings is 1. The molecule has 3 N–H and O–H groups in total. The molecule has 3 aliphatic heterocycles. The lowest BCUT2D eigenvalue weighted by Crippen LogP contribution is -2.61. The van der Waals surface area contributed by atoms with Crippen LogP contribution in [0.3, 0.4) is 0 Å². The Morgan fingerprint density at radius 2 is 1.81 bits per heavy atom. The summed E-state index contributed by atoms with van der Waals surface area (Å²) in [5.74, 6) is -2.67. The number of halogens is 1. The van der Waals surface area contributed by atoms with E-state index in [0.29, 0.717) is 61.7 Å². The fraction of sp³-hybridized carbons (Fsp3) is 0.643. The molecule has 15 nitrogen and oxygen atoms in total. The van der Waals surface area contributed by atoms with Crippen molar-refractivity contribution < 1.29 is 46.2 Å². The van der Waals surface area contributed by atoms with E-state index in [1.165, 1.54) is 30.3 Å². The van der Waals surface area contributed by atoms with Gasteiger partial charge in [-0.2, -0.15) is 0 Å². The highest BCUT2D eigenvalue weighted by Crippen LogP contribution is 2.48. The third-order valence-electron chi connectivity index (χ3n) is 12.9. The molecular formula is C42H57FN6O9S. The maximum absolute atomic E-state index is 15.2. The first-order valence-electron chi connectivity index (χ1n) is 20.8. The molecule has 7 rings (SSSR count). The number of ether oxygens (including phenoxy) is 3. The van der Waals surface area contributed by atoms with Gasteiger partial charge in [0.1, 0.15) is 35.3 Å². The lowest BCUT2D eigenvalue weighted by molar-refractivity contribution is -0.142. The van der Waals surface area contributed by atoms with Crippen molar-refractivity contribution in [1.82, 2.24) is 30.1 Å². The van der Waals surface area contributed by atoms with Crippen LogP contribution in [0.2, 0.25) is 0 Å². The number of urea groups is 1. The normalized spacial score (nSPS) is 32.2. The molecule has 0 radical (unpaired) electrons. The van der Waals surface area contributed by atoms with Crippen molar-refractivity contribution in [1.29, 1.82) is 0 Å². The van der Waals surface area contributed by atoms with Crippen molar-refractivity contribution >= 4 is 44.5 Å². The van der Waals surface area contributed by atoms with Gasteiger partial charge in [-0.15, -0.1) is 0 Å². The van der Waals surface area contributed by atoms with Crippen molar-refractivity contribution in [3.05, 3.63) is 42.4 Å². The molecule has 1 aromatic heterocycles. The summed E-state index contributed by atoms with van der Waals surface area (Å²) in [6.45, 7) is 10.0. The predicted molar refractivity (Wildman–Crippen MR) is 216 cm³/mol. The molecule has 4 fully saturated rings. The first kappa shape index (κ1) is 42.6. The van der Waals surface area contributed by atoms with Crippen molar-refractivity contribution in [3.63, 3.8) is 0 Å². The maximum Gasteiger partial charge on any atom is 0.318 e. The third kappa shape index (κ3) is 8.73. The molecule has 2 saturated heterocycles. The number of hydrogen-bond acceptors (Lipinski definition) is 10. The van der Waals surface area contributed by atoms with Gasteiger partial charge in [0.2, 0.25) is 27.7 Å². The van der Waals surface area contributed by atoms with Crippen LogP contribution in [0.4, 0.5) is 9.18 Å². The van der Waals surface area contributed by atoms with Crippen LogP contribution in [0.5, 0.6) is 11.6 Å². The van der Waals surface area contributed by atoms with E-state index in [4.69, 9.17) is 14.2 Å². The fourth-order valence-corrected chi connectivity index (χ4v) is 10.3. The second kappa shape index (κ2) is 16.5. The minimum Gasteiger partial charge on any atom is -0.494 e. The molecule has 9 atom stereocenters. The largest absolute Gasteiger partial charge is 0.494 e. The van der Waals surface area contributed by atoms with Crippen molar-refractivity contribution in [2.45, 2.75) is 127 Å². The SMILES string of the molecule is CC[C@@H]1C[C@H](C)CCC=C[C@@H]2C[C@@]2(C(=O)NS(=O)(=O)C2(C)CC2)NC(=O)[C@@H]2C[C@@H](Oc3ncc(OC)c4ccc(F)cc34)CN2C(=O)[C@H]1NC(=O)N1CC(C)OC(C)C1. The zero-order valence-corrected chi connectivity index (χ0v) is 35.5. The molecular weight excluding hydrogens is 784 g/mol. The highest BCUT2D eigenvalue weighted by atomic mass is 32.2. The summed E-state index contributed by atoms with van der Waals surface area (Å²) < 4.78 is 60.1. The van der Waals surface area contributed by atoms with Gasteiger partial charge in [-0.1, -0.05) is 32.4 Å². The van der Waals surface area contributed by atoms with Crippen molar-refractivity contribution in [3.8, 4) is 11.6 Å². The summed E-state index contributed by atoms with van der Waals surface area (Å²) in [5, 5.41) is 6.85. The average Bonchev–Trinajstić information content (AvgIpc) is 4.07. The van der Waals surface area contributed by atoms with Gasteiger partial charge >= 0.3 is 6.03 Å². The van der Waals surface area contributed by atoms with Crippen LogP contribution in [-0.2, 0) is 29.1 Å². The molecule has 322 valence electrons. The maximum atomic E-state index is 15.2. The van der Waals surface area contributed by atoms with E-state index in [9.17, 15) is 27.2 Å². The highest BCUT2D eigenvalue weighted by molar-refractivity contribution is 7.91. The van der Waals surface area contributed by atoms with Crippen LogP contribution < -0.4 is 24.8 Å². The van der Waals surface area contributed by atoms with E-state index in [0.717, 1.165) is 6.42 Å². The number of benzene rings is 1. The van der Waals surface area contributed by atoms with Gasteiger partial charge in [0, 0.05) is 30.8 Å². The van der Waals surface area contributed by atoms with Crippen LogP contribution in [0, 0.1) is 23.6 Å². The van der Waals surface area contributed by atoms with E-state index in [1.54, 1.807) is 17.9 Å². The standard InChI is InChI=1S/C42H57FN6O9S/c1-7-27-16-24(2)10-8-9-11-28-19-42(28,39(52)47-59(54,55)41(5)14-15-41)46-36(50)33-18-30(58-37-32-17-29(43)12-13-31(32)34(56-6)20-44-37)23-49(33)38(51)35(27)45-40(53)48-21-25(3)57-26(4)22-48/h9,11-13,17,20,24-28,30,33,35H,7-8,10,14-16,18-19,21-23H2,1-6H3,(H,45,53)(H,46,50)(H,47,52)/t24-,25?,26?,27-,28-,30-,33+,35+,42-/m1/s1. The fourth-order valence-electron chi connectivity index (χ4n) is 8.96. The summed E-state index contributed by atoms with van der Waals surface area (Å²) in [4.78, 5) is 65.3. The van der Waals surface area contributed by atoms with E-state index in [-0.39, 0.29) is 49.3 Å². The number of fused-ring (bicyclic) bond motifs is 3. The number of rotatable bonds is 8. The molecule has 0 spiro atoms. The van der Waals surface area contributed by atoms with Gasteiger partial charge in [0.25, 0.3) is 5.91 Å². The molecule has 5 amide bonds. The second-order valence-corrected chi connectivity index (χ2v) is 19.8. The number of nitrogens with one attached hydrogen (secondary N) is 3. The van der Waals surface area contributed by atoms with Crippen LogP contribution in [0.1, 0.15) is 86.0 Å². The topological polar surface area (TPSA) is 186 Å².